The summed E-state index contributed by atoms with van der Waals surface area (Å²) in [4.78, 5) is 13.2. The van der Waals surface area contributed by atoms with Crippen molar-refractivity contribution in [1.82, 2.24) is 4.90 Å². The van der Waals surface area contributed by atoms with Gasteiger partial charge in [-0.25, -0.2) is 0 Å². The largest absolute Gasteiger partial charge is 0.393 e. The van der Waals surface area contributed by atoms with Crippen molar-refractivity contribution in [3.63, 3.8) is 0 Å². The lowest BCUT2D eigenvalue weighted by Crippen LogP contribution is -2.48. The molecule has 0 aromatic rings. The van der Waals surface area contributed by atoms with Gasteiger partial charge in [-0.1, -0.05) is 0 Å². The molecule has 0 spiro atoms. The van der Waals surface area contributed by atoms with Gasteiger partial charge in [-0.3, -0.25) is 9.18 Å². The van der Waals surface area contributed by atoms with Crippen molar-refractivity contribution >= 4 is 17.5 Å². The molecule has 0 aromatic heterocycles. The van der Waals surface area contributed by atoms with Crippen LogP contribution in [0.25, 0.3) is 0 Å². The summed E-state index contributed by atoms with van der Waals surface area (Å²) in [5.74, 6) is -0.282. The molecule has 0 saturated carbocycles. The minimum Gasteiger partial charge on any atom is -0.393 e. The number of likely N-dealkylation sites (tertiary alicyclic amines) is 1. The summed E-state index contributed by atoms with van der Waals surface area (Å²) in [5, 5.41) is 9.05. The number of halogens is 2. The number of aliphatic hydroxyl groups excluding tert-OH is 1. The lowest BCUT2D eigenvalue weighted by Gasteiger charge is -2.36. The molecule has 5 heteroatoms. The van der Waals surface area contributed by atoms with Crippen LogP contribution in [0.1, 0.15) is 19.8 Å². The molecule has 1 heterocycles. The molecule has 1 amide bonds. The molecule has 1 saturated heterocycles. The highest BCUT2D eigenvalue weighted by molar-refractivity contribution is 6.30. The molecule has 1 N–H and O–H groups in total. The Labute approximate surface area is 94.2 Å². The van der Waals surface area contributed by atoms with Gasteiger partial charge in [0.1, 0.15) is 5.38 Å². The summed E-state index contributed by atoms with van der Waals surface area (Å²) < 4.78 is 12.2. The summed E-state index contributed by atoms with van der Waals surface area (Å²) in [6.07, 6.45) is 0.331. The third kappa shape index (κ3) is 3.31. The third-order valence-corrected chi connectivity index (χ3v) is 3.01. The number of hydrogen-bond donors (Lipinski definition) is 1. The summed E-state index contributed by atoms with van der Waals surface area (Å²) in [7, 11) is 0. The van der Waals surface area contributed by atoms with E-state index < -0.39 is 18.2 Å². The Morgan fingerprint density at radius 3 is 2.93 bits per heavy atom. The van der Waals surface area contributed by atoms with Gasteiger partial charge in [0.2, 0.25) is 5.91 Å². The third-order valence-electron chi connectivity index (χ3n) is 2.83. The molecule has 0 aromatic carbocycles. The van der Waals surface area contributed by atoms with Crippen molar-refractivity contribution in [2.75, 3.05) is 19.8 Å². The van der Waals surface area contributed by atoms with Gasteiger partial charge in [0.25, 0.3) is 0 Å². The fourth-order valence-electron chi connectivity index (χ4n) is 1.90. The van der Waals surface area contributed by atoms with Crippen molar-refractivity contribution in [3.05, 3.63) is 0 Å². The molecule has 1 aliphatic heterocycles. The Morgan fingerprint density at radius 1 is 1.73 bits per heavy atom. The number of aliphatic hydroxyl groups is 1. The quantitative estimate of drug-likeness (QED) is 0.749. The van der Waals surface area contributed by atoms with E-state index in [1.54, 1.807) is 11.8 Å². The summed E-state index contributed by atoms with van der Waals surface area (Å²) in [6, 6.07) is 0. The van der Waals surface area contributed by atoms with Crippen LogP contribution < -0.4 is 0 Å². The fraction of sp³-hybridized carbons (Fsp3) is 0.900. The zero-order valence-electron chi connectivity index (χ0n) is 8.83. The number of piperidine rings is 1. The van der Waals surface area contributed by atoms with Crippen LogP contribution in [-0.4, -0.2) is 47.2 Å². The number of nitrogens with zero attached hydrogens (tertiary/aromatic N) is 1. The molecular weight excluding hydrogens is 221 g/mol. The van der Waals surface area contributed by atoms with E-state index in [1.807, 2.05) is 0 Å². The van der Waals surface area contributed by atoms with Crippen molar-refractivity contribution in [2.45, 2.75) is 31.2 Å². The van der Waals surface area contributed by atoms with E-state index in [2.05, 4.69) is 0 Å². The molecule has 0 unspecified atom stereocenters. The first-order valence-corrected chi connectivity index (χ1v) is 5.66. The van der Waals surface area contributed by atoms with E-state index >= 15 is 0 Å². The second-order valence-corrected chi connectivity index (χ2v) is 4.65. The molecule has 0 radical (unpaired) electrons. The smallest absolute Gasteiger partial charge is 0.240 e. The summed E-state index contributed by atoms with van der Waals surface area (Å²) in [6.45, 7) is 2.10. The van der Waals surface area contributed by atoms with E-state index in [0.717, 1.165) is 0 Å². The number of rotatable bonds is 3. The highest BCUT2D eigenvalue weighted by Crippen LogP contribution is 2.21. The molecule has 0 aliphatic carbocycles. The maximum Gasteiger partial charge on any atom is 0.240 e. The lowest BCUT2D eigenvalue weighted by molar-refractivity contribution is -0.134. The minimum absolute atomic E-state index is 0.132. The van der Waals surface area contributed by atoms with Crippen LogP contribution in [0.4, 0.5) is 4.39 Å². The van der Waals surface area contributed by atoms with E-state index in [1.165, 1.54) is 0 Å². The normalized spacial score (nSPS) is 28.9. The first-order chi connectivity index (χ1) is 7.06. The topological polar surface area (TPSA) is 40.5 Å². The maximum absolute atomic E-state index is 12.2. The Balaban J connectivity index is 2.53. The van der Waals surface area contributed by atoms with Gasteiger partial charge in [-0.2, -0.15) is 0 Å². The van der Waals surface area contributed by atoms with Crippen LogP contribution in [0.3, 0.4) is 0 Å². The van der Waals surface area contributed by atoms with E-state index in [-0.39, 0.29) is 11.8 Å². The van der Waals surface area contributed by atoms with Gasteiger partial charge in [-0.15, -0.1) is 11.6 Å². The highest BCUT2D eigenvalue weighted by Gasteiger charge is 2.31. The number of alkyl halides is 2. The predicted octanol–water partition coefficient (Wildman–Crippen LogP) is 1.18. The number of amides is 1. The van der Waals surface area contributed by atoms with Gasteiger partial charge in [0.05, 0.1) is 12.8 Å². The van der Waals surface area contributed by atoms with Crippen molar-refractivity contribution in [2.24, 2.45) is 5.92 Å². The van der Waals surface area contributed by atoms with Crippen LogP contribution in [-0.2, 0) is 4.79 Å². The van der Waals surface area contributed by atoms with Crippen LogP contribution in [0, 0.1) is 5.92 Å². The minimum atomic E-state index is -0.550. The fourth-order valence-corrected chi connectivity index (χ4v) is 2.03. The highest BCUT2D eigenvalue weighted by atomic mass is 35.5. The number of carbonyl (C=O) groups excluding carboxylic acids is 1. The van der Waals surface area contributed by atoms with Crippen LogP contribution in [0.15, 0.2) is 0 Å². The van der Waals surface area contributed by atoms with Gasteiger partial charge >= 0.3 is 0 Å². The van der Waals surface area contributed by atoms with E-state index in [4.69, 9.17) is 11.6 Å². The molecule has 1 aliphatic rings. The van der Waals surface area contributed by atoms with E-state index in [0.29, 0.717) is 25.9 Å². The first kappa shape index (κ1) is 12.7. The monoisotopic (exact) mass is 237 g/mol. The van der Waals surface area contributed by atoms with Crippen LogP contribution in [0.2, 0.25) is 0 Å². The molecule has 1 fully saturated rings. The number of hydrogen-bond acceptors (Lipinski definition) is 2. The Kier molecular flexibility index (Phi) is 4.80. The maximum atomic E-state index is 12.2. The average molecular weight is 238 g/mol. The zero-order valence-corrected chi connectivity index (χ0v) is 9.58. The second kappa shape index (κ2) is 5.66. The predicted molar refractivity (Wildman–Crippen MR) is 56.6 cm³/mol. The second-order valence-electron chi connectivity index (χ2n) is 3.99. The molecule has 3 nitrogen and oxygen atoms in total. The first-order valence-electron chi connectivity index (χ1n) is 5.23. The SMILES string of the molecule is C[C@H](Cl)C(=O)N1CC[C@@H](O)[C@@H](CCF)C1. The van der Waals surface area contributed by atoms with Gasteiger partial charge < -0.3 is 10.0 Å². The van der Waals surface area contributed by atoms with Crippen molar-refractivity contribution in [3.8, 4) is 0 Å². The zero-order chi connectivity index (χ0) is 11.4. The van der Waals surface area contributed by atoms with E-state index in [9.17, 15) is 14.3 Å². The Hall–Kier alpha value is -0.350. The summed E-state index contributed by atoms with van der Waals surface area (Å²) in [5.41, 5.74) is 0. The van der Waals surface area contributed by atoms with Gasteiger partial charge in [-0.05, 0) is 19.8 Å². The van der Waals surface area contributed by atoms with Crippen molar-refractivity contribution in [1.29, 1.82) is 0 Å². The van der Waals surface area contributed by atoms with Gasteiger partial charge in [0, 0.05) is 19.0 Å². The molecule has 0 bridgehead atoms. The molecule has 1 rings (SSSR count). The number of carbonyl (C=O) groups is 1. The molecular formula is C10H17ClFNO2. The molecule has 88 valence electrons. The standard InChI is InChI=1S/C10H17ClFNO2/c1-7(11)10(15)13-5-3-9(14)8(6-13)2-4-12/h7-9,14H,2-6H2,1H3/t7-,8-,9+/m0/s1. The van der Waals surface area contributed by atoms with Crippen molar-refractivity contribution < 1.29 is 14.3 Å². The van der Waals surface area contributed by atoms with Gasteiger partial charge in [0.15, 0.2) is 0 Å². The Bertz CT molecular complexity index is 225. The molecule has 3 atom stereocenters. The van der Waals surface area contributed by atoms with Crippen LogP contribution >= 0.6 is 11.6 Å². The Morgan fingerprint density at radius 2 is 2.40 bits per heavy atom. The average Bonchev–Trinajstić information content (AvgIpc) is 2.20. The molecule has 15 heavy (non-hydrogen) atoms. The van der Waals surface area contributed by atoms with Crippen LogP contribution in [0.5, 0.6) is 0 Å². The lowest BCUT2D eigenvalue weighted by atomic mass is 9.92. The summed E-state index contributed by atoms with van der Waals surface area (Å²) >= 11 is 5.69.